The van der Waals surface area contributed by atoms with E-state index in [9.17, 15) is 14.9 Å². The molecule has 0 aliphatic rings. The number of amides is 1. The van der Waals surface area contributed by atoms with Crippen molar-refractivity contribution in [2.45, 2.75) is 6.54 Å². The first-order valence-electron chi connectivity index (χ1n) is 8.54. The molecule has 138 valence electrons. The first-order chi connectivity index (χ1) is 13.6. The molecule has 3 aromatic carbocycles. The highest BCUT2D eigenvalue weighted by atomic mass is 32.1. The third-order valence-corrected chi connectivity index (χ3v) is 5.46. The number of hydrogen-bond acceptors (Lipinski definition) is 4. The van der Waals surface area contributed by atoms with Crippen LogP contribution in [-0.2, 0) is 6.54 Å². The number of thiazole rings is 1. The number of fused-ring (bicyclic) bond motifs is 2. The topological polar surface area (TPSA) is 77.5 Å². The quantitative estimate of drug-likeness (QED) is 0.289. The van der Waals surface area contributed by atoms with E-state index in [0.29, 0.717) is 22.4 Å². The molecule has 1 aromatic heterocycles. The standard InChI is InChI=1S/C21H15N3O3S/c1-2-12-23-18-13-15(24(26)27)10-11-19(18)28-21(23)22-20(25)17-9-5-7-14-6-3-4-8-16(14)17/h2-11,13H,1,12H2. The lowest BCUT2D eigenvalue weighted by atomic mass is 10.0. The van der Waals surface area contributed by atoms with E-state index in [2.05, 4.69) is 11.6 Å². The Hall–Kier alpha value is -3.58. The van der Waals surface area contributed by atoms with Crippen molar-refractivity contribution in [2.24, 2.45) is 4.99 Å². The van der Waals surface area contributed by atoms with E-state index in [1.807, 2.05) is 36.4 Å². The lowest BCUT2D eigenvalue weighted by Crippen LogP contribution is -2.16. The summed E-state index contributed by atoms with van der Waals surface area (Å²) in [5, 5.41) is 12.9. The van der Waals surface area contributed by atoms with Gasteiger partial charge >= 0.3 is 0 Å². The average molecular weight is 389 g/mol. The van der Waals surface area contributed by atoms with E-state index in [1.54, 1.807) is 22.8 Å². The smallest absolute Gasteiger partial charge is 0.280 e. The maximum Gasteiger partial charge on any atom is 0.280 e. The molecule has 4 aromatic rings. The number of nitro groups is 1. The van der Waals surface area contributed by atoms with Crippen LogP contribution >= 0.6 is 11.3 Å². The second-order valence-corrected chi connectivity index (χ2v) is 7.15. The van der Waals surface area contributed by atoms with Gasteiger partial charge in [0.25, 0.3) is 11.6 Å². The Labute approximate surface area is 163 Å². The van der Waals surface area contributed by atoms with E-state index in [1.165, 1.54) is 23.5 Å². The molecule has 4 rings (SSSR count). The first-order valence-corrected chi connectivity index (χ1v) is 9.35. The Morgan fingerprint density at radius 1 is 1.18 bits per heavy atom. The van der Waals surface area contributed by atoms with Gasteiger partial charge in [-0.1, -0.05) is 53.8 Å². The van der Waals surface area contributed by atoms with Gasteiger partial charge in [-0.2, -0.15) is 4.99 Å². The summed E-state index contributed by atoms with van der Waals surface area (Å²) in [6.07, 6.45) is 1.67. The highest BCUT2D eigenvalue weighted by molar-refractivity contribution is 7.16. The van der Waals surface area contributed by atoms with Crippen LogP contribution in [0, 0.1) is 10.1 Å². The van der Waals surface area contributed by atoms with Crippen molar-refractivity contribution in [3.63, 3.8) is 0 Å². The fraction of sp³-hybridized carbons (Fsp3) is 0.0476. The number of nitro benzene ring substituents is 1. The van der Waals surface area contributed by atoms with Crippen molar-refractivity contribution in [3.8, 4) is 0 Å². The zero-order valence-corrected chi connectivity index (χ0v) is 15.6. The highest BCUT2D eigenvalue weighted by Crippen LogP contribution is 2.24. The van der Waals surface area contributed by atoms with E-state index < -0.39 is 4.92 Å². The number of benzene rings is 3. The number of carbonyl (C=O) groups excluding carboxylic acids is 1. The fourth-order valence-electron chi connectivity index (χ4n) is 3.12. The molecule has 0 saturated carbocycles. The molecular formula is C21H15N3O3S. The number of nitrogens with zero attached hydrogens (tertiary/aromatic N) is 3. The molecule has 1 heterocycles. The summed E-state index contributed by atoms with van der Waals surface area (Å²) in [5.41, 5.74) is 1.17. The molecule has 0 bridgehead atoms. The van der Waals surface area contributed by atoms with Crippen LogP contribution in [0.15, 0.2) is 78.3 Å². The molecule has 0 fully saturated rings. The molecule has 0 spiro atoms. The third-order valence-electron chi connectivity index (χ3n) is 4.41. The highest BCUT2D eigenvalue weighted by Gasteiger charge is 2.14. The minimum absolute atomic E-state index is 0.00459. The van der Waals surface area contributed by atoms with Crippen molar-refractivity contribution < 1.29 is 9.72 Å². The summed E-state index contributed by atoms with van der Waals surface area (Å²) in [7, 11) is 0. The van der Waals surface area contributed by atoms with Crippen LogP contribution in [0.3, 0.4) is 0 Å². The van der Waals surface area contributed by atoms with Crippen LogP contribution in [0.25, 0.3) is 21.0 Å². The Bertz CT molecular complexity index is 1310. The van der Waals surface area contributed by atoms with Crippen LogP contribution in [-0.4, -0.2) is 15.4 Å². The second-order valence-electron chi connectivity index (χ2n) is 6.14. The maximum absolute atomic E-state index is 12.9. The maximum atomic E-state index is 12.9. The van der Waals surface area contributed by atoms with Crippen molar-refractivity contribution in [3.05, 3.63) is 93.8 Å². The molecule has 1 amide bonds. The van der Waals surface area contributed by atoms with Crippen LogP contribution in [0.4, 0.5) is 5.69 Å². The largest absolute Gasteiger partial charge is 0.312 e. The summed E-state index contributed by atoms with van der Waals surface area (Å²) in [5.74, 6) is -0.351. The van der Waals surface area contributed by atoms with E-state index >= 15 is 0 Å². The molecule has 0 saturated heterocycles. The van der Waals surface area contributed by atoms with E-state index in [4.69, 9.17) is 0 Å². The third kappa shape index (κ3) is 3.12. The molecule has 28 heavy (non-hydrogen) atoms. The first kappa shape index (κ1) is 17.8. The van der Waals surface area contributed by atoms with Gasteiger partial charge in [0.05, 0.1) is 15.1 Å². The zero-order chi connectivity index (χ0) is 19.7. The lowest BCUT2D eigenvalue weighted by molar-refractivity contribution is -0.384. The lowest BCUT2D eigenvalue weighted by Gasteiger charge is -2.03. The number of non-ortho nitro benzene ring substituents is 1. The number of carbonyl (C=O) groups is 1. The van der Waals surface area contributed by atoms with E-state index in [0.717, 1.165) is 15.5 Å². The zero-order valence-electron chi connectivity index (χ0n) is 14.7. The van der Waals surface area contributed by atoms with Gasteiger partial charge in [-0.25, -0.2) is 0 Å². The van der Waals surface area contributed by atoms with Gasteiger partial charge in [-0.3, -0.25) is 14.9 Å². The number of aromatic nitrogens is 1. The summed E-state index contributed by atoms with van der Waals surface area (Å²) >= 11 is 1.32. The predicted octanol–water partition coefficient (Wildman–Crippen LogP) is 4.69. The fourth-order valence-corrected chi connectivity index (χ4v) is 4.14. The molecule has 6 nitrogen and oxygen atoms in total. The monoisotopic (exact) mass is 389 g/mol. The van der Waals surface area contributed by atoms with Crippen LogP contribution in [0.1, 0.15) is 10.4 Å². The summed E-state index contributed by atoms with van der Waals surface area (Å²) in [6.45, 7) is 4.13. The SMILES string of the molecule is C=CCn1c(=NC(=O)c2cccc3ccccc23)sc2ccc([N+](=O)[O-])cc21. The van der Waals surface area contributed by atoms with Crippen LogP contribution in [0.2, 0.25) is 0 Å². The average Bonchev–Trinajstić information content (AvgIpc) is 3.04. The Kier molecular flexibility index (Phi) is 4.58. The van der Waals surface area contributed by atoms with Crippen molar-refractivity contribution in [1.29, 1.82) is 0 Å². The Balaban J connectivity index is 1.90. The van der Waals surface area contributed by atoms with E-state index in [-0.39, 0.29) is 11.6 Å². The van der Waals surface area contributed by atoms with Crippen LogP contribution in [0.5, 0.6) is 0 Å². The van der Waals surface area contributed by atoms with Gasteiger partial charge in [-0.15, -0.1) is 6.58 Å². The molecule has 0 unspecified atom stereocenters. The summed E-state index contributed by atoms with van der Waals surface area (Å²) in [6, 6.07) is 17.8. The Morgan fingerprint density at radius 2 is 1.96 bits per heavy atom. The predicted molar refractivity (Wildman–Crippen MR) is 111 cm³/mol. The number of rotatable bonds is 4. The molecular weight excluding hydrogens is 374 g/mol. The van der Waals surface area contributed by atoms with Gasteiger partial charge < -0.3 is 4.57 Å². The second kappa shape index (κ2) is 7.21. The minimum Gasteiger partial charge on any atom is -0.312 e. The van der Waals surface area contributed by atoms with Crippen molar-refractivity contribution >= 4 is 43.9 Å². The number of allylic oxidation sites excluding steroid dienone is 1. The molecule has 0 N–H and O–H groups in total. The number of hydrogen-bond donors (Lipinski definition) is 0. The van der Waals surface area contributed by atoms with Gasteiger partial charge in [-0.05, 0) is 22.9 Å². The normalized spacial score (nSPS) is 11.8. The van der Waals surface area contributed by atoms with Gasteiger partial charge in [0.1, 0.15) is 0 Å². The molecule has 0 aliphatic carbocycles. The minimum atomic E-state index is -0.437. The van der Waals surface area contributed by atoms with Crippen molar-refractivity contribution in [2.75, 3.05) is 0 Å². The molecule has 0 aliphatic heterocycles. The molecule has 7 heteroatoms. The summed E-state index contributed by atoms with van der Waals surface area (Å²) in [4.78, 5) is 28.4. The molecule has 0 atom stereocenters. The van der Waals surface area contributed by atoms with Gasteiger partial charge in [0.15, 0.2) is 4.80 Å². The molecule has 0 radical (unpaired) electrons. The summed E-state index contributed by atoms with van der Waals surface area (Å²) < 4.78 is 2.58. The Morgan fingerprint density at radius 3 is 2.75 bits per heavy atom. The van der Waals surface area contributed by atoms with Gasteiger partial charge in [0.2, 0.25) is 0 Å². The van der Waals surface area contributed by atoms with Crippen molar-refractivity contribution in [1.82, 2.24) is 4.57 Å². The van der Waals surface area contributed by atoms with Crippen LogP contribution < -0.4 is 4.80 Å². The van der Waals surface area contributed by atoms with Gasteiger partial charge in [0, 0.05) is 24.2 Å².